The molecular formula is C13H18N4. The van der Waals surface area contributed by atoms with Crippen molar-refractivity contribution in [2.45, 2.75) is 32.4 Å². The fraction of sp³-hybridized carbons (Fsp3) is 0.385. The first-order valence-electron chi connectivity index (χ1n) is 5.95. The summed E-state index contributed by atoms with van der Waals surface area (Å²) in [5.74, 6) is 1.03. The highest BCUT2D eigenvalue weighted by Crippen LogP contribution is 2.06. The first-order chi connectivity index (χ1) is 8.29. The molecule has 4 heteroatoms. The van der Waals surface area contributed by atoms with E-state index in [1.165, 1.54) is 0 Å². The molecule has 17 heavy (non-hydrogen) atoms. The molecule has 0 radical (unpaired) electrons. The van der Waals surface area contributed by atoms with Crippen LogP contribution in [0, 0.1) is 0 Å². The van der Waals surface area contributed by atoms with Gasteiger partial charge in [-0.3, -0.25) is 4.98 Å². The Balaban J connectivity index is 2.09. The minimum absolute atomic E-state index is 0.180. The monoisotopic (exact) mass is 230 g/mol. The van der Waals surface area contributed by atoms with Crippen LogP contribution in [-0.4, -0.2) is 20.6 Å². The van der Waals surface area contributed by atoms with Gasteiger partial charge in [0.15, 0.2) is 0 Å². The average molecular weight is 230 g/mol. The Labute approximate surface area is 102 Å². The molecule has 2 rings (SSSR count). The highest BCUT2D eigenvalue weighted by atomic mass is 15.1. The summed E-state index contributed by atoms with van der Waals surface area (Å²) in [6.07, 6.45) is 7.39. The van der Waals surface area contributed by atoms with Crippen LogP contribution < -0.4 is 5.73 Å². The third-order valence-electron chi connectivity index (χ3n) is 2.83. The number of hydrogen-bond donors (Lipinski definition) is 1. The van der Waals surface area contributed by atoms with Gasteiger partial charge in [0.25, 0.3) is 0 Å². The number of aromatic nitrogens is 3. The maximum Gasteiger partial charge on any atom is 0.110 e. The molecular weight excluding hydrogens is 212 g/mol. The Bertz CT molecular complexity index is 449. The summed E-state index contributed by atoms with van der Waals surface area (Å²) in [7, 11) is 0. The van der Waals surface area contributed by atoms with Crippen molar-refractivity contribution in [3.8, 4) is 0 Å². The number of rotatable bonds is 5. The predicted molar refractivity (Wildman–Crippen MR) is 67.5 cm³/mol. The van der Waals surface area contributed by atoms with Crippen LogP contribution >= 0.6 is 0 Å². The van der Waals surface area contributed by atoms with Crippen LogP contribution in [0.5, 0.6) is 0 Å². The van der Waals surface area contributed by atoms with E-state index in [1.54, 1.807) is 0 Å². The molecule has 0 saturated carbocycles. The van der Waals surface area contributed by atoms with Crippen LogP contribution in [0.15, 0.2) is 36.8 Å². The maximum absolute atomic E-state index is 5.96. The predicted octanol–water partition coefficient (Wildman–Crippen LogP) is 1.61. The molecule has 2 aromatic heterocycles. The Hall–Kier alpha value is -1.68. The Morgan fingerprint density at radius 2 is 2.18 bits per heavy atom. The van der Waals surface area contributed by atoms with Crippen LogP contribution in [0.25, 0.3) is 0 Å². The summed E-state index contributed by atoms with van der Waals surface area (Å²) in [5, 5.41) is 0. The molecule has 0 amide bonds. The highest BCUT2D eigenvalue weighted by Gasteiger charge is 2.08. The topological polar surface area (TPSA) is 56.7 Å². The van der Waals surface area contributed by atoms with Crippen molar-refractivity contribution in [2.75, 3.05) is 0 Å². The third kappa shape index (κ3) is 3.14. The minimum atomic E-state index is 0.180. The molecule has 0 aliphatic heterocycles. The molecule has 0 aromatic carbocycles. The Morgan fingerprint density at radius 1 is 1.29 bits per heavy atom. The van der Waals surface area contributed by atoms with Crippen molar-refractivity contribution in [3.05, 3.63) is 48.3 Å². The molecule has 0 aliphatic carbocycles. The lowest BCUT2D eigenvalue weighted by molar-refractivity contribution is 0.595. The van der Waals surface area contributed by atoms with E-state index in [0.717, 1.165) is 30.9 Å². The van der Waals surface area contributed by atoms with E-state index in [9.17, 15) is 0 Å². The first kappa shape index (κ1) is 11.8. The van der Waals surface area contributed by atoms with Gasteiger partial charge in [0.05, 0.1) is 12.2 Å². The Morgan fingerprint density at radius 3 is 2.88 bits per heavy atom. The van der Waals surface area contributed by atoms with Crippen molar-refractivity contribution in [1.82, 2.24) is 14.5 Å². The molecule has 1 unspecified atom stereocenters. The first-order valence-corrected chi connectivity index (χ1v) is 5.95. The molecule has 2 aromatic rings. The zero-order chi connectivity index (χ0) is 12.1. The lowest BCUT2D eigenvalue weighted by Gasteiger charge is -2.11. The zero-order valence-corrected chi connectivity index (χ0v) is 10.1. The van der Waals surface area contributed by atoms with Crippen LogP contribution in [0.1, 0.15) is 24.9 Å². The van der Waals surface area contributed by atoms with E-state index in [-0.39, 0.29) is 6.04 Å². The van der Waals surface area contributed by atoms with Crippen molar-refractivity contribution in [1.29, 1.82) is 0 Å². The molecule has 2 heterocycles. The smallest absolute Gasteiger partial charge is 0.110 e. The normalized spacial score (nSPS) is 12.6. The number of pyridine rings is 1. The van der Waals surface area contributed by atoms with Gasteiger partial charge in [-0.2, -0.15) is 0 Å². The van der Waals surface area contributed by atoms with Crippen molar-refractivity contribution in [2.24, 2.45) is 5.73 Å². The summed E-state index contributed by atoms with van der Waals surface area (Å²) in [5.41, 5.74) is 7.00. The van der Waals surface area contributed by atoms with Crippen LogP contribution in [-0.2, 0) is 13.0 Å². The van der Waals surface area contributed by atoms with Crippen LogP contribution in [0.2, 0.25) is 0 Å². The van der Waals surface area contributed by atoms with Gasteiger partial charge in [-0.05, 0) is 18.6 Å². The van der Waals surface area contributed by atoms with E-state index < -0.39 is 0 Å². The number of nitrogens with zero attached hydrogens (tertiary/aromatic N) is 3. The summed E-state index contributed by atoms with van der Waals surface area (Å²) in [6.45, 7) is 2.85. The molecule has 0 bridgehead atoms. The molecule has 0 spiro atoms. The number of nitrogens with two attached hydrogens (primary N) is 1. The second-order valence-electron chi connectivity index (χ2n) is 4.16. The molecule has 90 valence electrons. The molecule has 1 atom stereocenters. The van der Waals surface area contributed by atoms with Gasteiger partial charge in [0.2, 0.25) is 0 Å². The quantitative estimate of drug-likeness (QED) is 0.849. The zero-order valence-electron chi connectivity index (χ0n) is 10.1. The van der Waals surface area contributed by atoms with Crippen molar-refractivity contribution in [3.63, 3.8) is 0 Å². The lowest BCUT2D eigenvalue weighted by Crippen LogP contribution is -2.23. The summed E-state index contributed by atoms with van der Waals surface area (Å²) in [6, 6.07) is 6.12. The summed E-state index contributed by atoms with van der Waals surface area (Å²) >= 11 is 0. The van der Waals surface area contributed by atoms with Crippen LogP contribution in [0.3, 0.4) is 0 Å². The molecule has 0 fully saturated rings. The summed E-state index contributed by atoms with van der Waals surface area (Å²) in [4.78, 5) is 8.67. The second kappa shape index (κ2) is 5.59. The van der Waals surface area contributed by atoms with E-state index >= 15 is 0 Å². The number of hydrogen-bond acceptors (Lipinski definition) is 3. The summed E-state index contributed by atoms with van der Waals surface area (Å²) < 4.78 is 2.11. The van der Waals surface area contributed by atoms with E-state index in [0.29, 0.717) is 0 Å². The van der Waals surface area contributed by atoms with Gasteiger partial charge in [-0.1, -0.05) is 13.0 Å². The van der Waals surface area contributed by atoms with E-state index in [1.807, 2.05) is 36.8 Å². The molecule has 0 aliphatic rings. The van der Waals surface area contributed by atoms with Gasteiger partial charge < -0.3 is 10.3 Å². The van der Waals surface area contributed by atoms with Crippen molar-refractivity contribution >= 4 is 0 Å². The van der Waals surface area contributed by atoms with Gasteiger partial charge in [-0.15, -0.1) is 0 Å². The second-order valence-corrected chi connectivity index (χ2v) is 4.16. The van der Waals surface area contributed by atoms with E-state index in [4.69, 9.17) is 5.73 Å². The number of imidazole rings is 1. The average Bonchev–Trinajstić information content (AvgIpc) is 2.78. The lowest BCUT2D eigenvalue weighted by atomic mass is 10.1. The van der Waals surface area contributed by atoms with E-state index in [2.05, 4.69) is 21.5 Å². The van der Waals surface area contributed by atoms with Gasteiger partial charge in [0.1, 0.15) is 5.82 Å². The molecule has 4 nitrogen and oxygen atoms in total. The Kier molecular flexibility index (Phi) is 3.88. The van der Waals surface area contributed by atoms with Crippen molar-refractivity contribution < 1.29 is 0 Å². The van der Waals surface area contributed by atoms with Gasteiger partial charge in [0, 0.05) is 31.1 Å². The van der Waals surface area contributed by atoms with Gasteiger partial charge in [-0.25, -0.2) is 4.98 Å². The highest BCUT2D eigenvalue weighted by molar-refractivity contribution is 5.06. The SMILES string of the molecule is CCC(N)Cc1nccn1Cc1ccccn1. The van der Waals surface area contributed by atoms with Gasteiger partial charge >= 0.3 is 0 Å². The fourth-order valence-corrected chi connectivity index (χ4v) is 1.72. The largest absolute Gasteiger partial charge is 0.329 e. The molecule has 2 N–H and O–H groups in total. The van der Waals surface area contributed by atoms with Crippen LogP contribution in [0.4, 0.5) is 0 Å². The standard InChI is InChI=1S/C13H18N4/c1-2-11(14)9-13-16-7-8-17(13)10-12-5-3-4-6-15-12/h3-8,11H,2,9-10,14H2,1H3. The molecule has 0 saturated heterocycles. The fourth-order valence-electron chi connectivity index (χ4n) is 1.72. The minimum Gasteiger partial charge on any atom is -0.329 e. The third-order valence-corrected chi connectivity index (χ3v) is 2.83. The maximum atomic E-state index is 5.96.